The zero-order valence-corrected chi connectivity index (χ0v) is 7.93. The SMILES string of the molecule is N#Cc1cc2[nH]c(=O)ccc2cc1[N+](=O)[O-]. The molecule has 6 nitrogen and oxygen atoms in total. The summed E-state index contributed by atoms with van der Waals surface area (Å²) < 4.78 is 0. The van der Waals surface area contributed by atoms with Gasteiger partial charge in [-0.15, -0.1) is 0 Å². The molecule has 0 unspecified atom stereocenters. The van der Waals surface area contributed by atoms with E-state index in [1.54, 1.807) is 6.07 Å². The normalized spacial score (nSPS) is 9.94. The summed E-state index contributed by atoms with van der Waals surface area (Å²) in [7, 11) is 0. The molecule has 1 aromatic heterocycles. The van der Waals surface area contributed by atoms with Crippen LogP contribution in [0.3, 0.4) is 0 Å². The van der Waals surface area contributed by atoms with Crippen molar-refractivity contribution in [2.24, 2.45) is 0 Å². The number of nitro groups is 1. The van der Waals surface area contributed by atoms with E-state index in [0.717, 1.165) is 0 Å². The van der Waals surface area contributed by atoms with E-state index in [1.807, 2.05) is 0 Å². The molecule has 0 saturated heterocycles. The van der Waals surface area contributed by atoms with E-state index in [9.17, 15) is 14.9 Å². The largest absolute Gasteiger partial charge is 0.322 e. The molecule has 0 radical (unpaired) electrons. The molecule has 78 valence electrons. The van der Waals surface area contributed by atoms with Crippen molar-refractivity contribution in [3.8, 4) is 6.07 Å². The highest BCUT2D eigenvalue weighted by Gasteiger charge is 2.14. The van der Waals surface area contributed by atoms with Crippen LogP contribution in [-0.4, -0.2) is 9.91 Å². The molecule has 0 bridgehead atoms. The van der Waals surface area contributed by atoms with E-state index >= 15 is 0 Å². The number of aromatic nitrogens is 1. The minimum atomic E-state index is -0.622. The van der Waals surface area contributed by atoms with Gasteiger partial charge in [0, 0.05) is 17.5 Å². The molecule has 0 atom stereocenters. The van der Waals surface area contributed by atoms with E-state index in [0.29, 0.717) is 10.9 Å². The Labute approximate surface area is 88.9 Å². The Morgan fingerprint density at radius 1 is 1.38 bits per heavy atom. The van der Waals surface area contributed by atoms with Gasteiger partial charge in [0.05, 0.1) is 10.4 Å². The van der Waals surface area contributed by atoms with Gasteiger partial charge in [-0.05, 0) is 12.1 Å². The van der Waals surface area contributed by atoms with Crippen molar-refractivity contribution in [2.45, 2.75) is 0 Å². The Morgan fingerprint density at radius 3 is 2.75 bits per heavy atom. The number of benzene rings is 1. The Balaban J connectivity index is 2.86. The molecule has 1 N–H and O–H groups in total. The van der Waals surface area contributed by atoms with Gasteiger partial charge in [-0.2, -0.15) is 5.26 Å². The number of aromatic amines is 1. The Hall–Kier alpha value is -2.68. The van der Waals surface area contributed by atoms with Crippen molar-refractivity contribution in [1.29, 1.82) is 5.26 Å². The molecule has 0 saturated carbocycles. The van der Waals surface area contributed by atoms with Gasteiger partial charge in [-0.3, -0.25) is 14.9 Å². The first-order valence-corrected chi connectivity index (χ1v) is 4.33. The van der Waals surface area contributed by atoms with Gasteiger partial charge in [-0.25, -0.2) is 0 Å². The zero-order chi connectivity index (χ0) is 11.7. The van der Waals surface area contributed by atoms with E-state index in [2.05, 4.69) is 4.98 Å². The van der Waals surface area contributed by atoms with E-state index in [1.165, 1.54) is 24.3 Å². The minimum Gasteiger partial charge on any atom is -0.322 e. The van der Waals surface area contributed by atoms with Crippen LogP contribution in [0.15, 0.2) is 29.1 Å². The lowest BCUT2D eigenvalue weighted by molar-refractivity contribution is -0.385. The lowest BCUT2D eigenvalue weighted by atomic mass is 10.1. The number of hydrogen-bond acceptors (Lipinski definition) is 4. The monoisotopic (exact) mass is 215 g/mol. The number of fused-ring (bicyclic) bond motifs is 1. The van der Waals surface area contributed by atoms with Gasteiger partial charge in [-0.1, -0.05) is 0 Å². The standard InChI is InChI=1S/C10H5N3O3/c11-5-7-3-8-6(1-2-10(14)12-8)4-9(7)13(15)16/h1-4H,(H,12,14). The highest BCUT2D eigenvalue weighted by Crippen LogP contribution is 2.23. The van der Waals surface area contributed by atoms with Gasteiger partial charge in [0.25, 0.3) is 5.69 Å². The molecule has 0 amide bonds. The summed E-state index contributed by atoms with van der Waals surface area (Å²) in [5, 5.41) is 19.9. The molecule has 16 heavy (non-hydrogen) atoms. The molecular formula is C10H5N3O3. The third-order valence-corrected chi connectivity index (χ3v) is 2.16. The van der Waals surface area contributed by atoms with Crippen molar-refractivity contribution in [3.05, 3.63) is 50.3 Å². The smallest absolute Gasteiger partial charge is 0.287 e. The fourth-order valence-corrected chi connectivity index (χ4v) is 1.43. The Bertz CT molecular complexity index is 682. The van der Waals surface area contributed by atoms with Gasteiger partial charge in [0.2, 0.25) is 5.56 Å². The molecular weight excluding hydrogens is 210 g/mol. The number of nitro benzene ring substituents is 1. The number of H-pyrrole nitrogens is 1. The molecule has 1 heterocycles. The van der Waals surface area contributed by atoms with Crippen molar-refractivity contribution < 1.29 is 4.92 Å². The number of nitriles is 1. The molecule has 0 aliphatic heterocycles. The fourth-order valence-electron chi connectivity index (χ4n) is 1.43. The summed E-state index contributed by atoms with van der Waals surface area (Å²) in [6, 6.07) is 7.04. The van der Waals surface area contributed by atoms with E-state index < -0.39 is 4.92 Å². The third-order valence-electron chi connectivity index (χ3n) is 2.16. The summed E-state index contributed by atoms with van der Waals surface area (Å²) in [4.78, 5) is 23.6. The average Bonchev–Trinajstić information content (AvgIpc) is 2.26. The predicted octanol–water partition coefficient (Wildman–Crippen LogP) is 1.31. The van der Waals surface area contributed by atoms with Crippen LogP contribution in [0.1, 0.15) is 5.56 Å². The number of nitrogens with zero attached hydrogens (tertiary/aromatic N) is 2. The van der Waals surface area contributed by atoms with Crippen molar-refractivity contribution in [1.82, 2.24) is 4.98 Å². The maximum Gasteiger partial charge on any atom is 0.287 e. The van der Waals surface area contributed by atoms with Gasteiger partial charge in [0.1, 0.15) is 11.6 Å². The molecule has 0 aliphatic carbocycles. The summed E-state index contributed by atoms with van der Waals surface area (Å²) in [5.74, 6) is 0. The molecule has 6 heteroatoms. The van der Waals surface area contributed by atoms with E-state index in [-0.39, 0.29) is 16.8 Å². The highest BCUT2D eigenvalue weighted by atomic mass is 16.6. The second-order valence-electron chi connectivity index (χ2n) is 3.15. The molecule has 2 rings (SSSR count). The lowest BCUT2D eigenvalue weighted by Crippen LogP contribution is -2.03. The highest BCUT2D eigenvalue weighted by molar-refractivity contribution is 5.83. The summed E-state index contributed by atoms with van der Waals surface area (Å²) >= 11 is 0. The average molecular weight is 215 g/mol. The van der Waals surface area contributed by atoms with Gasteiger partial charge in [0.15, 0.2) is 0 Å². The second kappa shape index (κ2) is 3.47. The number of nitrogens with one attached hydrogen (secondary N) is 1. The molecule has 2 aromatic rings. The van der Waals surface area contributed by atoms with Gasteiger partial charge >= 0.3 is 0 Å². The minimum absolute atomic E-state index is 0.0700. The summed E-state index contributed by atoms with van der Waals surface area (Å²) in [6.07, 6.45) is 0. The second-order valence-corrected chi connectivity index (χ2v) is 3.15. The van der Waals surface area contributed by atoms with Crippen LogP contribution in [-0.2, 0) is 0 Å². The molecule has 0 aliphatic rings. The van der Waals surface area contributed by atoms with Crippen LogP contribution >= 0.6 is 0 Å². The molecule has 0 spiro atoms. The van der Waals surface area contributed by atoms with Crippen molar-refractivity contribution in [2.75, 3.05) is 0 Å². The maximum atomic E-state index is 11.0. The van der Waals surface area contributed by atoms with Crippen LogP contribution in [0.5, 0.6) is 0 Å². The molecule has 0 fully saturated rings. The first kappa shape index (κ1) is 9.86. The predicted molar refractivity (Wildman–Crippen MR) is 55.9 cm³/mol. The first-order chi connectivity index (χ1) is 7.61. The number of rotatable bonds is 1. The maximum absolute atomic E-state index is 11.0. The van der Waals surface area contributed by atoms with Crippen LogP contribution in [0, 0.1) is 21.4 Å². The van der Waals surface area contributed by atoms with E-state index in [4.69, 9.17) is 5.26 Å². The van der Waals surface area contributed by atoms with Crippen LogP contribution in [0.4, 0.5) is 5.69 Å². The zero-order valence-electron chi connectivity index (χ0n) is 7.93. The van der Waals surface area contributed by atoms with Crippen LogP contribution in [0.25, 0.3) is 10.9 Å². The summed E-state index contributed by atoms with van der Waals surface area (Å²) in [6.45, 7) is 0. The third kappa shape index (κ3) is 1.50. The Kier molecular flexibility index (Phi) is 2.14. The lowest BCUT2D eigenvalue weighted by Gasteiger charge is -1.99. The topological polar surface area (TPSA) is 99.8 Å². The Morgan fingerprint density at radius 2 is 2.12 bits per heavy atom. The number of hydrogen-bond donors (Lipinski definition) is 1. The number of pyridine rings is 1. The van der Waals surface area contributed by atoms with Gasteiger partial charge < -0.3 is 4.98 Å². The van der Waals surface area contributed by atoms with Crippen molar-refractivity contribution in [3.63, 3.8) is 0 Å². The van der Waals surface area contributed by atoms with Crippen LogP contribution in [0.2, 0.25) is 0 Å². The first-order valence-electron chi connectivity index (χ1n) is 4.33. The fraction of sp³-hybridized carbons (Fsp3) is 0. The van der Waals surface area contributed by atoms with Crippen molar-refractivity contribution >= 4 is 16.6 Å². The molecule has 1 aromatic carbocycles. The quantitative estimate of drug-likeness (QED) is 0.572. The van der Waals surface area contributed by atoms with Crippen LogP contribution < -0.4 is 5.56 Å². The summed E-state index contributed by atoms with van der Waals surface area (Å²) in [5.41, 5.74) is -0.235.